The minimum absolute atomic E-state index is 0.0226. The van der Waals surface area contributed by atoms with E-state index in [1.165, 1.54) is 38.5 Å². The van der Waals surface area contributed by atoms with E-state index in [-0.39, 0.29) is 23.6 Å². The summed E-state index contributed by atoms with van der Waals surface area (Å²) in [6, 6.07) is 0. The maximum atomic E-state index is 6.24. The Morgan fingerprint density at radius 3 is 1.53 bits per heavy atom. The Kier molecular flexibility index (Phi) is 3.37. The zero-order chi connectivity index (χ0) is 12.7. The molecule has 2 rings (SSSR count). The lowest BCUT2D eigenvalue weighted by atomic mass is 9.55. The predicted molar refractivity (Wildman–Crippen MR) is 72.2 cm³/mol. The molecule has 1 aliphatic heterocycles. The molecule has 0 aromatic heterocycles. The first kappa shape index (κ1) is 13.4. The molecule has 98 valence electrons. The van der Waals surface area contributed by atoms with Crippen molar-refractivity contribution in [3.63, 3.8) is 0 Å². The number of hydrogen-bond acceptors (Lipinski definition) is 2. The molecular formula is C14H27BO2. The van der Waals surface area contributed by atoms with Gasteiger partial charge in [0.05, 0.1) is 11.2 Å². The van der Waals surface area contributed by atoms with Crippen LogP contribution in [0.25, 0.3) is 0 Å². The van der Waals surface area contributed by atoms with Gasteiger partial charge < -0.3 is 9.31 Å². The van der Waals surface area contributed by atoms with E-state index in [9.17, 15) is 0 Å². The van der Waals surface area contributed by atoms with Crippen molar-refractivity contribution in [3.05, 3.63) is 0 Å². The van der Waals surface area contributed by atoms with Gasteiger partial charge in [-0.25, -0.2) is 0 Å². The van der Waals surface area contributed by atoms with E-state index in [1.54, 1.807) is 0 Å². The Hall–Kier alpha value is -0.0151. The number of rotatable bonds is 1. The molecule has 0 spiro atoms. The van der Waals surface area contributed by atoms with E-state index in [2.05, 4.69) is 34.6 Å². The molecule has 0 atom stereocenters. The highest BCUT2D eigenvalue weighted by atomic mass is 16.7. The monoisotopic (exact) mass is 238 g/mol. The van der Waals surface area contributed by atoms with Crippen molar-refractivity contribution < 1.29 is 9.31 Å². The zero-order valence-corrected chi connectivity index (χ0v) is 12.1. The maximum absolute atomic E-state index is 6.24. The second kappa shape index (κ2) is 4.27. The normalized spacial score (nSPS) is 31.2. The molecule has 2 aliphatic rings. The van der Waals surface area contributed by atoms with Crippen LogP contribution in [0.3, 0.4) is 0 Å². The molecule has 0 aromatic rings. The third-order valence-corrected chi connectivity index (χ3v) is 5.07. The van der Waals surface area contributed by atoms with Gasteiger partial charge in [0.2, 0.25) is 0 Å². The lowest BCUT2D eigenvalue weighted by Gasteiger charge is -2.32. The van der Waals surface area contributed by atoms with Crippen LogP contribution in [-0.4, -0.2) is 18.3 Å². The quantitative estimate of drug-likeness (QED) is 0.503. The van der Waals surface area contributed by atoms with Crippen molar-refractivity contribution in [1.29, 1.82) is 0 Å². The fraction of sp³-hybridized carbons (Fsp3) is 1.00. The molecule has 17 heavy (non-hydrogen) atoms. The second-order valence-corrected chi connectivity index (χ2v) is 7.16. The van der Waals surface area contributed by atoms with Crippen molar-refractivity contribution in [2.24, 2.45) is 0 Å². The summed E-state index contributed by atoms with van der Waals surface area (Å²) >= 11 is 0. The first-order chi connectivity index (χ1) is 7.77. The van der Waals surface area contributed by atoms with Gasteiger partial charge in [0.25, 0.3) is 0 Å². The van der Waals surface area contributed by atoms with Crippen LogP contribution in [0.5, 0.6) is 0 Å². The molecule has 0 amide bonds. The SMILES string of the molecule is CC1(B2OC(C)(C)C(C)(C)O2)CCCCCC1. The van der Waals surface area contributed by atoms with Gasteiger partial charge in [0.15, 0.2) is 0 Å². The third-order valence-electron chi connectivity index (χ3n) is 5.07. The van der Waals surface area contributed by atoms with E-state index in [1.807, 2.05) is 0 Å². The first-order valence-corrected chi connectivity index (χ1v) is 7.13. The molecular weight excluding hydrogens is 211 g/mol. The van der Waals surface area contributed by atoms with Gasteiger partial charge in [0.1, 0.15) is 0 Å². The van der Waals surface area contributed by atoms with Crippen LogP contribution in [0.4, 0.5) is 0 Å². The van der Waals surface area contributed by atoms with Gasteiger partial charge >= 0.3 is 7.12 Å². The summed E-state index contributed by atoms with van der Waals surface area (Å²) in [6.45, 7) is 10.9. The molecule has 0 radical (unpaired) electrons. The summed E-state index contributed by atoms with van der Waals surface area (Å²) in [6.07, 6.45) is 7.86. The van der Waals surface area contributed by atoms with Crippen LogP contribution in [0.1, 0.15) is 73.1 Å². The summed E-state index contributed by atoms with van der Waals surface area (Å²) in [5.41, 5.74) is -0.375. The molecule has 1 saturated heterocycles. The fourth-order valence-corrected chi connectivity index (χ4v) is 2.90. The molecule has 3 heteroatoms. The minimum atomic E-state index is -0.188. The summed E-state index contributed by atoms with van der Waals surface area (Å²) in [5.74, 6) is 0. The standard InChI is InChI=1S/C14H27BO2/c1-12(2)13(3,4)17-15(16-12)14(5)10-8-6-7-9-11-14/h6-11H2,1-5H3. The van der Waals surface area contributed by atoms with Crippen LogP contribution in [0.15, 0.2) is 0 Å². The van der Waals surface area contributed by atoms with Crippen LogP contribution in [0.2, 0.25) is 5.31 Å². The van der Waals surface area contributed by atoms with Gasteiger partial charge in [-0.1, -0.05) is 32.6 Å². The highest BCUT2D eigenvalue weighted by Gasteiger charge is 2.57. The fourth-order valence-electron chi connectivity index (χ4n) is 2.90. The van der Waals surface area contributed by atoms with Crippen LogP contribution < -0.4 is 0 Å². The van der Waals surface area contributed by atoms with E-state index in [4.69, 9.17) is 9.31 Å². The third kappa shape index (κ3) is 2.41. The van der Waals surface area contributed by atoms with Crippen molar-refractivity contribution in [1.82, 2.24) is 0 Å². The minimum Gasteiger partial charge on any atom is -0.403 e. The van der Waals surface area contributed by atoms with E-state index in [0.717, 1.165) is 0 Å². The van der Waals surface area contributed by atoms with Gasteiger partial charge in [-0.2, -0.15) is 0 Å². The van der Waals surface area contributed by atoms with Crippen LogP contribution >= 0.6 is 0 Å². The van der Waals surface area contributed by atoms with Crippen LogP contribution in [0, 0.1) is 0 Å². The Bertz CT molecular complexity index is 262. The summed E-state index contributed by atoms with van der Waals surface area (Å²) in [5, 5.41) is 0.210. The lowest BCUT2D eigenvalue weighted by molar-refractivity contribution is 0.00578. The van der Waals surface area contributed by atoms with Gasteiger partial charge in [-0.05, 0) is 40.5 Å². The van der Waals surface area contributed by atoms with Crippen molar-refractivity contribution in [2.75, 3.05) is 0 Å². The zero-order valence-electron chi connectivity index (χ0n) is 12.1. The van der Waals surface area contributed by atoms with Crippen molar-refractivity contribution in [2.45, 2.75) is 89.7 Å². The average Bonchev–Trinajstić information content (AvgIpc) is 2.40. The molecule has 0 bridgehead atoms. The molecule has 0 N–H and O–H groups in total. The molecule has 1 saturated carbocycles. The Morgan fingerprint density at radius 1 is 0.706 bits per heavy atom. The van der Waals surface area contributed by atoms with Gasteiger partial charge in [-0.3, -0.25) is 0 Å². The average molecular weight is 238 g/mol. The largest absolute Gasteiger partial charge is 0.464 e. The summed E-state index contributed by atoms with van der Waals surface area (Å²) in [4.78, 5) is 0. The van der Waals surface area contributed by atoms with Crippen molar-refractivity contribution >= 4 is 7.12 Å². The topological polar surface area (TPSA) is 18.5 Å². The van der Waals surface area contributed by atoms with E-state index < -0.39 is 0 Å². The van der Waals surface area contributed by atoms with Crippen molar-refractivity contribution in [3.8, 4) is 0 Å². The second-order valence-electron chi connectivity index (χ2n) is 7.16. The van der Waals surface area contributed by atoms with E-state index >= 15 is 0 Å². The summed E-state index contributed by atoms with van der Waals surface area (Å²) < 4.78 is 12.5. The highest BCUT2D eigenvalue weighted by Crippen LogP contribution is 2.51. The highest BCUT2D eigenvalue weighted by molar-refractivity contribution is 6.49. The predicted octanol–water partition coefficient (Wildman–Crippen LogP) is 4.19. The van der Waals surface area contributed by atoms with E-state index in [0.29, 0.717) is 0 Å². The molecule has 0 unspecified atom stereocenters. The molecule has 0 aromatic carbocycles. The maximum Gasteiger partial charge on any atom is 0.464 e. The molecule has 1 aliphatic carbocycles. The molecule has 2 fully saturated rings. The number of hydrogen-bond donors (Lipinski definition) is 0. The first-order valence-electron chi connectivity index (χ1n) is 7.13. The Morgan fingerprint density at radius 2 is 1.12 bits per heavy atom. The van der Waals surface area contributed by atoms with Gasteiger partial charge in [0, 0.05) is 5.31 Å². The van der Waals surface area contributed by atoms with Crippen LogP contribution in [-0.2, 0) is 9.31 Å². The van der Waals surface area contributed by atoms with Gasteiger partial charge in [-0.15, -0.1) is 0 Å². The Labute approximate surface area is 107 Å². The Balaban J connectivity index is 2.13. The molecule has 2 nitrogen and oxygen atoms in total. The lowest BCUT2D eigenvalue weighted by Crippen LogP contribution is -2.41. The smallest absolute Gasteiger partial charge is 0.403 e. The summed E-state index contributed by atoms with van der Waals surface area (Å²) in [7, 11) is -0.0226. The molecule has 1 heterocycles.